The Kier molecular flexibility index (Phi) is 3.99. The van der Waals surface area contributed by atoms with E-state index in [0.717, 1.165) is 45.2 Å². The molecule has 1 heterocycles. The number of nitrogens with one attached hydrogen (secondary N) is 2. The molecule has 3 atom stereocenters. The molecule has 2 fully saturated rings. The Balaban J connectivity index is 1.93. The average Bonchev–Trinajstić information content (AvgIpc) is 2.81. The zero-order valence-corrected chi connectivity index (χ0v) is 10.1. The maximum atomic E-state index is 12.1. The summed E-state index contributed by atoms with van der Waals surface area (Å²) < 4.78 is 0. The van der Waals surface area contributed by atoms with Crippen LogP contribution in [0.25, 0.3) is 0 Å². The second kappa shape index (κ2) is 5.49. The summed E-state index contributed by atoms with van der Waals surface area (Å²) in [7, 11) is 0. The van der Waals surface area contributed by atoms with E-state index in [4.69, 9.17) is 5.73 Å². The number of carbonyl (C=O) groups is 2. The monoisotopic (exact) mass is 239 g/mol. The smallest absolute Gasteiger partial charge is 0.224 e. The van der Waals surface area contributed by atoms with Gasteiger partial charge in [-0.3, -0.25) is 9.59 Å². The van der Waals surface area contributed by atoms with Crippen LogP contribution in [0, 0.1) is 11.8 Å². The fourth-order valence-electron chi connectivity index (χ4n) is 2.87. The zero-order chi connectivity index (χ0) is 12.3. The summed E-state index contributed by atoms with van der Waals surface area (Å²) in [5, 5.41) is 6.23. The third kappa shape index (κ3) is 2.97. The average molecular weight is 239 g/mol. The lowest BCUT2D eigenvalue weighted by Crippen LogP contribution is -2.46. The van der Waals surface area contributed by atoms with Gasteiger partial charge in [-0.15, -0.1) is 0 Å². The van der Waals surface area contributed by atoms with Crippen molar-refractivity contribution >= 4 is 11.8 Å². The quantitative estimate of drug-likeness (QED) is 0.635. The summed E-state index contributed by atoms with van der Waals surface area (Å²) in [6.45, 7) is 1.79. The van der Waals surface area contributed by atoms with Gasteiger partial charge in [0.1, 0.15) is 0 Å². The van der Waals surface area contributed by atoms with Crippen LogP contribution in [0.2, 0.25) is 0 Å². The minimum atomic E-state index is -0.325. The van der Waals surface area contributed by atoms with E-state index in [-0.39, 0.29) is 29.7 Å². The van der Waals surface area contributed by atoms with Gasteiger partial charge in [-0.2, -0.15) is 0 Å². The van der Waals surface area contributed by atoms with Crippen LogP contribution in [0.3, 0.4) is 0 Å². The Labute approximate surface area is 102 Å². The Morgan fingerprint density at radius 3 is 2.41 bits per heavy atom. The lowest BCUT2D eigenvalue weighted by atomic mass is 9.78. The van der Waals surface area contributed by atoms with Gasteiger partial charge in [-0.25, -0.2) is 0 Å². The van der Waals surface area contributed by atoms with Crippen molar-refractivity contribution in [3.05, 3.63) is 0 Å². The van der Waals surface area contributed by atoms with Gasteiger partial charge in [0.2, 0.25) is 11.8 Å². The molecule has 0 spiro atoms. The first kappa shape index (κ1) is 12.4. The van der Waals surface area contributed by atoms with E-state index in [1.807, 2.05) is 0 Å². The molecular weight excluding hydrogens is 218 g/mol. The highest BCUT2D eigenvalue weighted by Gasteiger charge is 2.35. The third-order valence-electron chi connectivity index (χ3n) is 3.87. The van der Waals surface area contributed by atoms with Crippen LogP contribution in [-0.2, 0) is 9.59 Å². The van der Waals surface area contributed by atoms with E-state index in [1.165, 1.54) is 0 Å². The van der Waals surface area contributed by atoms with Gasteiger partial charge < -0.3 is 16.4 Å². The lowest BCUT2D eigenvalue weighted by molar-refractivity contribution is -0.135. The highest BCUT2D eigenvalue weighted by molar-refractivity contribution is 5.87. The van der Waals surface area contributed by atoms with Gasteiger partial charge in [0.25, 0.3) is 0 Å². The number of primary amides is 1. The number of amides is 2. The summed E-state index contributed by atoms with van der Waals surface area (Å²) in [6, 6.07) is 0.220. The summed E-state index contributed by atoms with van der Waals surface area (Å²) in [4.78, 5) is 23.5. The maximum Gasteiger partial charge on any atom is 0.224 e. The van der Waals surface area contributed by atoms with Crippen molar-refractivity contribution in [2.45, 2.75) is 38.1 Å². The molecule has 2 rings (SSSR count). The highest BCUT2D eigenvalue weighted by atomic mass is 16.2. The Bertz CT molecular complexity index is 300. The van der Waals surface area contributed by atoms with Crippen LogP contribution < -0.4 is 16.4 Å². The van der Waals surface area contributed by atoms with Crippen LogP contribution in [0.1, 0.15) is 32.1 Å². The molecule has 0 aromatic heterocycles. The molecule has 0 aromatic carbocycles. The van der Waals surface area contributed by atoms with Crippen molar-refractivity contribution in [3.63, 3.8) is 0 Å². The van der Waals surface area contributed by atoms with Crippen LogP contribution in [0.4, 0.5) is 0 Å². The van der Waals surface area contributed by atoms with E-state index < -0.39 is 0 Å². The van der Waals surface area contributed by atoms with E-state index in [9.17, 15) is 9.59 Å². The molecule has 1 aliphatic carbocycles. The molecule has 1 saturated heterocycles. The molecule has 2 amide bonds. The molecule has 2 aliphatic rings. The van der Waals surface area contributed by atoms with E-state index in [2.05, 4.69) is 10.6 Å². The number of hydrogen-bond donors (Lipinski definition) is 3. The van der Waals surface area contributed by atoms with Crippen molar-refractivity contribution < 1.29 is 9.59 Å². The first-order chi connectivity index (χ1) is 8.18. The number of rotatable bonds is 3. The Hall–Kier alpha value is -1.10. The molecule has 4 N–H and O–H groups in total. The largest absolute Gasteiger partial charge is 0.369 e. The van der Waals surface area contributed by atoms with Crippen molar-refractivity contribution in [2.24, 2.45) is 17.6 Å². The first-order valence-electron chi connectivity index (χ1n) is 6.49. The van der Waals surface area contributed by atoms with Crippen LogP contribution in [0.15, 0.2) is 0 Å². The SMILES string of the molecule is NC(=O)[C@H]1CCCC[C@H]1C(=O)NC1CCNC1. The van der Waals surface area contributed by atoms with Gasteiger partial charge in [0.05, 0.1) is 0 Å². The van der Waals surface area contributed by atoms with Crippen molar-refractivity contribution in [3.8, 4) is 0 Å². The Morgan fingerprint density at radius 1 is 1.12 bits per heavy atom. The van der Waals surface area contributed by atoms with Gasteiger partial charge in [-0.05, 0) is 25.8 Å². The summed E-state index contributed by atoms with van der Waals surface area (Å²) in [6.07, 6.45) is 4.54. The molecule has 1 unspecified atom stereocenters. The molecule has 0 radical (unpaired) electrons. The minimum absolute atomic E-state index is 0.0159. The third-order valence-corrected chi connectivity index (χ3v) is 3.87. The fraction of sp³-hybridized carbons (Fsp3) is 0.833. The second-order valence-corrected chi connectivity index (χ2v) is 5.10. The zero-order valence-electron chi connectivity index (χ0n) is 10.1. The maximum absolute atomic E-state index is 12.1. The van der Waals surface area contributed by atoms with Gasteiger partial charge in [-0.1, -0.05) is 12.8 Å². The summed E-state index contributed by atoms with van der Waals surface area (Å²) in [5.74, 6) is -0.781. The summed E-state index contributed by atoms with van der Waals surface area (Å²) in [5.41, 5.74) is 5.37. The molecule has 17 heavy (non-hydrogen) atoms. The predicted molar refractivity (Wildman–Crippen MR) is 64.1 cm³/mol. The normalized spacial score (nSPS) is 33.3. The van der Waals surface area contributed by atoms with E-state index >= 15 is 0 Å². The number of hydrogen-bond acceptors (Lipinski definition) is 3. The molecular formula is C12H21N3O2. The molecule has 5 nitrogen and oxygen atoms in total. The van der Waals surface area contributed by atoms with E-state index in [1.54, 1.807) is 0 Å². The fourth-order valence-corrected chi connectivity index (χ4v) is 2.87. The molecule has 1 saturated carbocycles. The van der Waals surface area contributed by atoms with Crippen LogP contribution in [0.5, 0.6) is 0 Å². The Morgan fingerprint density at radius 2 is 1.82 bits per heavy atom. The molecule has 96 valence electrons. The molecule has 1 aliphatic heterocycles. The number of nitrogens with two attached hydrogens (primary N) is 1. The van der Waals surface area contributed by atoms with Gasteiger partial charge in [0, 0.05) is 24.4 Å². The van der Waals surface area contributed by atoms with Crippen LogP contribution >= 0.6 is 0 Å². The molecule has 5 heteroatoms. The molecule has 0 bridgehead atoms. The van der Waals surface area contributed by atoms with Crippen LogP contribution in [-0.4, -0.2) is 30.9 Å². The number of carbonyl (C=O) groups excluding carboxylic acids is 2. The van der Waals surface area contributed by atoms with E-state index in [0.29, 0.717) is 0 Å². The van der Waals surface area contributed by atoms with Crippen molar-refractivity contribution in [2.75, 3.05) is 13.1 Å². The lowest BCUT2D eigenvalue weighted by Gasteiger charge is -2.29. The van der Waals surface area contributed by atoms with Crippen molar-refractivity contribution in [1.29, 1.82) is 0 Å². The minimum Gasteiger partial charge on any atom is -0.369 e. The first-order valence-corrected chi connectivity index (χ1v) is 6.49. The standard InChI is InChI=1S/C12H21N3O2/c13-11(16)9-3-1-2-4-10(9)12(17)15-8-5-6-14-7-8/h8-10,14H,1-7H2,(H2,13,16)(H,15,17)/t8?,9-,10+/m0/s1. The van der Waals surface area contributed by atoms with Gasteiger partial charge >= 0.3 is 0 Å². The predicted octanol–water partition coefficient (Wildman–Crippen LogP) is -0.244. The molecule has 0 aromatic rings. The van der Waals surface area contributed by atoms with Crippen molar-refractivity contribution in [1.82, 2.24) is 10.6 Å². The van der Waals surface area contributed by atoms with Gasteiger partial charge in [0.15, 0.2) is 0 Å². The second-order valence-electron chi connectivity index (χ2n) is 5.10. The highest BCUT2D eigenvalue weighted by Crippen LogP contribution is 2.30. The summed E-state index contributed by atoms with van der Waals surface area (Å²) >= 11 is 0. The topological polar surface area (TPSA) is 84.2 Å².